The molecule has 2 aromatic rings. The van der Waals surface area contributed by atoms with E-state index in [2.05, 4.69) is 40.5 Å². The average Bonchev–Trinajstić information content (AvgIpc) is 2.42. The van der Waals surface area contributed by atoms with Gasteiger partial charge in [-0.1, -0.05) is 19.8 Å². The first-order valence-electron chi connectivity index (χ1n) is 6.49. The summed E-state index contributed by atoms with van der Waals surface area (Å²) >= 11 is 0. The standard InChI is InChI=1S/C14H16BN5O/c1-8(2)10-6-18-9(3-4-15)5-11(10)21-12-7-19-14(17)20-13(12)16/h5-8H,15H2,1-2H3,(H4,16,17,19,20). The molecule has 0 atom stereocenters. The van der Waals surface area contributed by atoms with Crippen LogP contribution in [0.5, 0.6) is 11.5 Å². The van der Waals surface area contributed by atoms with Crippen LogP contribution in [0, 0.1) is 11.7 Å². The number of hydrogen-bond donors (Lipinski definition) is 2. The van der Waals surface area contributed by atoms with Crippen LogP contribution in [0.3, 0.4) is 0 Å². The summed E-state index contributed by atoms with van der Waals surface area (Å²) in [5, 5.41) is 0. The molecule has 0 aliphatic rings. The molecule has 2 aromatic heterocycles. The average molecular weight is 281 g/mol. The molecule has 0 saturated heterocycles. The zero-order chi connectivity index (χ0) is 15.4. The number of rotatable bonds is 3. The van der Waals surface area contributed by atoms with E-state index >= 15 is 0 Å². The molecular weight excluding hydrogens is 265 g/mol. The van der Waals surface area contributed by atoms with Crippen molar-refractivity contribution in [1.82, 2.24) is 15.0 Å². The van der Waals surface area contributed by atoms with Crippen LogP contribution in [-0.4, -0.2) is 22.8 Å². The van der Waals surface area contributed by atoms with Crippen molar-refractivity contribution in [2.75, 3.05) is 11.5 Å². The first kappa shape index (κ1) is 14.7. The minimum Gasteiger partial charge on any atom is -0.451 e. The Bertz CT molecular complexity index is 721. The third kappa shape index (κ3) is 3.42. The van der Waals surface area contributed by atoms with Crippen LogP contribution in [0.1, 0.15) is 31.0 Å². The SMILES string of the molecule is BC#Cc1cc(Oc2cnc(N)nc2N)c(C(C)C)cn1. The largest absolute Gasteiger partial charge is 0.451 e. The molecule has 106 valence electrons. The lowest BCUT2D eigenvalue weighted by atomic mass is 10.0. The van der Waals surface area contributed by atoms with Gasteiger partial charge in [0.1, 0.15) is 11.4 Å². The summed E-state index contributed by atoms with van der Waals surface area (Å²) in [7, 11) is 1.75. The van der Waals surface area contributed by atoms with Gasteiger partial charge in [-0.15, -0.1) is 0 Å². The van der Waals surface area contributed by atoms with Crippen molar-refractivity contribution in [2.24, 2.45) is 0 Å². The molecule has 0 aliphatic carbocycles. The lowest BCUT2D eigenvalue weighted by molar-refractivity contribution is 0.470. The first-order valence-corrected chi connectivity index (χ1v) is 6.49. The van der Waals surface area contributed by atoms with E-state index < -0.39 is 0 Å². The summed E-state index contributed by atoms with van der Waals surface area (Å²) in [6, 6.07) is 1.78. The second kappa shape index (κ2) is 6.14. The van der Waals surface area contributed by atoms with Gasteiger partial charge < -0.3 is 16.2 Å². The molecule has 0 aromatic carbocycles. The number of pyridine rings is 1. The summed E-state index contributed by atoms with van der Waals surface area (Å²) in [6.07, 6.45) is 3.21. The van der Waals surface area contributed by atoms with Gasteiger partial charge in [0.25, 0.3) is 0 Å². The van der Waals surface area contributed by atoms with Crippen LogP contribution >= 0.6 is 0 Å². The fraction of sp³-hybridized carbons (Fsp3) is 0.214. The van der Waals surface area contributed by atoms with Crippen LogP contribution in [0.2, 0.25) is 0 Å². The number of hydrogen-bond acceptors (Lipinski definition) is 6. The molecule has 0 unspecified atom stereocenters. The molecule has 0 radical (unpaired) electrons. The fourth-order valence-corrected chi connectivity index (χ4v) is 1.76. The molecule has 0 saturated carbocycles. The summed E-state index contributed by atoms with van der Waals surface area (Å²) in [4.78, 5) is 12.1. The molecule has 0 spiro atoms. The number of ether oxygens (including phenoxy) is 1. The number of nitrogens with two attached hydrogens (primary N) is 2. The molecule has 2 heterocycles. The Morgan fingerprint density at radius 3 is 2.57 bits per heavy atom. The fourth-order valence-electron chi connectivity index (χ4n) is 1.76. The molecule has 4 N–H and O–H groups in total. The Labute approximate surface area is 124 Å². The van der Waals surface area contributed by atoms with Crippen LogP contribution in [-0.2, 0) is 0 Å². The molecule has 2 rings (SSSR count). The van der Waals surface area contributed by atoms with Crippen LogP contribution in [0.25, 0.3) is 0 Å². The van der Waals surface area contributed by atoms with Crippen molar-refractivity contribution < 1.29 is 4.74 Å². The number of aromatic nitrogens is 3. The maximum absolute atomic E-state index is 5.83. The molecule has 0 bridgehead atoms. The second-order valence-electron chi connectivity index (χ2n) is 4.72. The minimum atomic E-state index is 0.108. The van der Waals surface area contributed by atoms with E-state index in [1.54, 1.807) is 20.1 Å². The zero-order valence-corrected chi connectivity index (χ0v) is 12.2. The molecule has 0 aliphatic heterocycles. The lowest BCUT2D eigenvalue weighted by Gasteiger charge is -2.14. The van der Waals surface area contributed by atoms with Crippen molar-refractivity contribution in [3.05, 3.63) is 29.7 Å². The summed E-state index contributed by atoms with van der Waals surface area (Å²) in [5.41, 5.74) is 12.9. The summed E-state index contributed by atoms with van der Waals surface area (Å²) in [5.74, 6) is 7.24. The minimum absolute atomic E-state index is 0.108. The van der Waals surface area contributed by atoms with Gasteiger partial charge in [0.05, 0.1) is 6.20 Å². The molecule has 21 heavy (non-hydrogen) atoms. The maximum Gasteiger partial charge on any atom is 0.222 e. The second-order valence-corrected chi connectivity index (χ2v) is 4.72. The van der Waals surface area contributed by atoms with E-state index in [1.165, 1.54) is 6.20 Å². The Hall–Kier alpha value is -2.75. The predicted molar refractivity (Wildman–Crippen MR) is 84.7 cm³/mol. The van der Waals surface area contributed by atoms with E-state index in [-0.39, 0.29) is 17.7 Å². The van der Waals surface area contributed by atoms with Gasteiger partial charge in [0.2, 0.25) is 5.95 Å². The smallest absolute Gasteiger partial charge is 0.222 e. The van der Waals surface area contributed by atoms with E-state index in [1.807, 2.05) is 0 Å². The highest BCUT2D eigenvalue weighted by molar-refractivity contribution is 6.22. The van der Waals surface area contributed by atoms with Crippen molar-refractivity contribution in [3.8, 4) is 23.2 Å². The Morgan fingerprint density at radius 1 is 1.19 bits per heavy atom. The number of nitrogen functional groups attached to an aromatic ring is 2. The normalized spacial score (nSPS) is 10.0. The lowest BCUT2D eigenvalue weighted by Crippen LogP contribution is -2.03. The van der Waals surface area contributed by atoms with Gasteiger partial charge in [0, 0.05) is 17.8 Å². The summed E-state index contributed by atoms with van der Waals surface area (Å²) < 4.78 is 5.83. The molecule has 0 fully saturated rings. The van der Waals surface area contributed by atoms with Crippen molar-refractivity contribution in [1.29, 1.82) is 0 Å². The molecule has 6 nitrogen and oxygen atoms in total. The quantitative estimate of drug-likeness (QED) is 0.640. The molecular formula is C14H16BN5O. The molecule has 7 heteroatoms. The highest BCUT2D eigenvalue weighted by atomic mass is 16.5. The Morgan fingerprint density at radius 2 is 1.95 bits per heavy atom. The highest BCUT2D eigenvalue weighted by Crippen LogP contribution is 2.32. The third-order valence-corrected chi connectivity index (χ3v) is 2.79. The van der Waals surface area contributed by atoms with Gasteiger partial charge in [0.15, 0.2) is 19.4 Å². The summed E-state index contributed by atoms with van der Waals surface area (Å²) in [6.45, 7) is 4.11. The van der Waals surface area contributed by atoms with Crippen LogP contribution in [0.4, 0.5) is 11.8 Å². The van der Waals surface area contributed by atoms with E-state index in [9.17, 15) is 0 Å². The monoisotopic (exact) mass is 281 g/mol. The van der Waals surface area contributed by atoms with Crippen molar-refractivity contribution >= 4 is 19.6 Å². The zero-order valence-electron chi connectivity index (χ0n) is 12.2. The van der Waals surface area contributed by atoms with Crippen molar-refractivity contribution in [3.63, 3.8) is 0 Å². The van der Waals surface area contributed by atoms with Crippen molar-refractivity contribution in [2.45, 2.75) is 19.8 Å². The van der Waals surface area contributed by atoms with E-state index in [4.69, 9.17) is 16.2 Å². The van der Waals surface area contributed by atoms with Crippen LogP contribution < -0.4 is 16.2 Å². The molecule has 0 amide bonds. The number of nitrogens with zero attached hydrogens (tertiary/aromatic N) is 3. The number of anilines is 2. The third-order valence-electron chi connectivity index (χ3n) is 2.79. The van der Waals surface area contributed by atoms with Gasteiger partial charge in [-0.25, -0.2) is 9.97 Å². The van der Waals surface area contributed by atoms with Gasteiger partial charge in [-0.3, -0.25) is 0 Å². The Balaban J connectivity index is 2.44. The predicted octanol–water partition coefficient (Wildman–Crippen LogP) is 0.894. The first-order chi connectivity index (χ1) is 10.0. The van der Waals surface area contributed by atoms with Gasteiger partial charge in [-0.05, 0) is 5.92 Å². The van der Waals surface area contributed by atoms with Gasteiger partial charge >= 0.3 is 0 Å². The maximum atomic E-state index is 5.83. The van der Waals surface area contributed by atoms with E-state index in [0.29, 0.717) is 17.2 Å². The van der Waals surface area contributed by atoms with E-state index in [0.717, 1.165) is 5.56 Å². The topological polar surface area (TPSA) is 99.9 Å². The van der Waals surface area contributed by atoms with Crippen LogP contribution in [0.15, 0.2) is 18.5 Å². The Kier molecular flexibility index (Phi) is 4.28. The van der Waals surface area contributed by atoms with Gasteiger partial charge in [-0.2, -0.15) is 10.8 Å². The highest BCUT2D eigenvalue weighted by Gasteiger charge is 2.13.